The molecule has 0 fully saturated rings. The van der Waals surface area contributed by atoms with E-state index in [4.69, 9.17) is 15.4 Å². The molecule has 1 aromatic rings. The Morgan fingerprint density at radius 2 is 1.83 bits per heavy atom. The van der Waals surface area contributed by atoms with Gasteiger partial charge in [-0.3, -0.25) is 4.79 Å². The number of esters is 1. The van der Waals surface area contributed by atoms with Crippen molar-refractivity contribution in [2.24, 2.45) is 5.41 Å². The first-order chi connectivity index (χ1) is 8.09. The van der Waals surface area contributed by atoms with Crippen LogP contribution in [0.2, 0.25) is 0 Å². The van der Waals surface area contributed by atoms with Crippen LogP contribution in [0.25, 0.3) is 0 Å². The highest BCUT2D eigenvalue weighted by atomic mass is 35.7. The Morgan fingerprint density at radius 1 is 1.28 bits per heavy atom. The van der Waals surface area contributed by atoms with Gasteiger partial charge in [0.05, 0.1) is 6.42 Å². The molecule has 0 heterocycles. The monoisotopic (exact) mass is 290 g/mol. The zero-order valence-corrected chi connectivity index (χ0v) is 12.0. The van der Waals surface area contributed by atoms with E-state index in [9.17, 15) is 13.2 Å². The zero-order chi connectivity index (χ0) is 14.0. The van der Waals surface area contributed by atoms with E-state index in [0.29, 0.717) is 0 Å². The van der Waals surface area contributed by atoms with Crippen LogP contribution < -0.4 is 4.74 Å². The minimum atomic E-state index is -3.93. The molecule has 0 aliphatic carbocycles. The second kappa shape index (κ2) is 5.28. The first-order valence-corrected chi connectivity index (χ1v) is 7.65. The summed E-state index contributed by atoms with van der Waals surface area (Å²) in [6.07, 6.45) is 0.184. The second-order valence-corrected chi connectivity index (χ2v) is 7.63. The van der Waals surface area contributed by atoms with Gasteiger partial charge < -0.3 is 4.74 Å². The summed E-state index contributed by atoms with van der Waals surface area (Å²) in [6, 6.07) is 5.78. The van der Waals surface area contributed by atoms with E-state index in [2.05, 4.69) is 0 Å². The summed E-state index contributed by atoms with van der Waals surface area (Å²) in [5, 5.41) is 0. The Kier molecular flexibility index (Phi) is 4.40. The van der Waals surface area contributed by atoms with Crippen molar-refractivity contribution in [2.45, 2.75) is 32.1 Å². The molecule has 100 valence electrons. The van der Waals surface area contributed by atoms with Crippen LogP contribution in [-0.4, -0.2) is 14.4 Å². The number of halogens is 1. The molecule has 0 bridgehead atoms. The molecule has 0 aromatic heterocycles. The molecule has 0 aliphatic heterocycles. The van der Waals surface area contributed by atoms with Gasteiger partial charge in [-0.25, -0.2) is 8.42 Å². The van der Waals surface area contributed by atoms with Gasteiger partial charge >= 0.3 is 5.97 Å². The van der Waals surface area contributed by atoms with Crippen LogP contribution in [0.1, 0.15) is 27.2 Å². The van der Waals surface area contributed by atoms with E-state index in [1.807, 2.05) is 20.8 Å². The molecule has 0 N–H and O–H groups in total. The lowest BCUT2D eigenvalue weighted by atomic mass is 9.92. The maximum Gasteiger partial charge on any atom is 0.311 e. The Labute approximate surface area is 111 Å². The first kappa shape index (κ1) is 15.0. The van der Waals surface area contributed by atoms with Gasteiger partial charge in [0, 0.05) is 10.7 Å². The summed E-state index contributed by atoms with van der Waals surface area (Å²) >= 11 is 0. The van der Waals surface area contributed by atoms with Gasteiger partial charge in [-0.15, -0.1) is 0 Å². The fraction of sp³-hybridized carbons (Fsp3) is 0.417. The average Bonchev–Trinajstić information content (AvgIpc) is 2.13. The van der Waals surface area contributed by atoms with E-state index in [0.717, 1.165) is 0 Å². The van der Waals surface area contributed by atoms with Gasteiger partial charge in [-0.1, -0.05) is 32.9 Å². The van der Waals surface area contributed by atoms with Crippen LogP contribution in [-0.2, 0) is 13.8 Å². The topological polar surface area (TPSA) is 60.4 Å². The van der Waals surface area contributed by atoms with Gasteiger partial charge in [0.25, 0.3) is 9.05 Å². The predicted octanol–water partition coefficient (Wildman–Crippen LogP) is 2.96. The maximum absolute atomic E-state index is 11.6. The molecule has 0 amide bonds. The van der Waals surface area contributed by atoms with Crippen molar-refractivity contribution in [2.75, 3.05) is 0 Å². The van der Waals surface area contributed by atoms with Crippen molar-refractivity contribution in [3.8, 4) is 5.75 Å². The summed E-state index contributed by atoms with van der Waals surface area (Å²) in [4.78, 5) is 11.4. The van der Waals surface area contributed by atoms with E-state index < -0.39 is 15.0 Å². The van der Waals surface area contributed by atoms with Crippen molar-refractivity contribution in [1.29, 1.82) is 0 Å². The predicted molar refractivity (Wildman–Crippen MR) is 69.2 cm³/mol. The summed E-state index contributed by atoms with van der Waals surface area (Å²) in [6.45, 7) is 5.66. The number of carbonyl (C=O) groups excluding carboxylic acids is 1. The quantitative estimate of drug-likeness (QED) is 0.488. The molecule has 6 heteroatoms. The molecule has 18 heavy (non-hydrogen) atoms. The lowest BCUT2D eigenvalue weighted by Crippen LogP contribution is -2.18. The van der Waals surface area contributed by atoms with Crippen molar-refractivity contribution in [1.82, 2.24) is 0 Å². The highest BCUT2D eigenvalue weighted by molar-refractivity contribution is 8.13. The average molecular weight is 291 g/mol. The van der Waals surface area contributed by atoms with Gasteiger partial charge in [0.1, 0.15) is 4.90 Å². The number of ether oxygens (including phenoxy) is 1. The Bertz CT molecular complexity index is 543. The third-order valence-corrected chi connectivity index (χ3v) is 3.37. The van der Waals surface area contributed by atoms with Crippen LogP contribution in [0.5, 0.6) is 5.75 Å². The molecule has 0 atom stereocenters. The van der Waals surface area contributed by atoms with Gasteiger partial charge in [-0.2, -0.15) is 0 Å². The smallest absolute Gasteiger partial charge is 0.311 e. The van der Waals surface area contributed by atoms with Crippen LogP contribution in [0.4, 0.5) is 0 Å². The lowest BCUT2D eigenvalue weighted by Gasteiger charge is -2.17. The highest BCUT2D eigenvalue weighted by Gasteiger charge is 2.21. The second-order valence-electron chi connectivity index (χ2n) is 5.10. The van der Waals surface area contributed by atoms with Crippen molar-refractivity contribution in [3.05, 3.63) is 24.3 Å². The molecule has 0 saturated carbocycles. The van der Waals surface area contributed by atoms with Crippen molar-refractivity contribution in [3.63, 3.8) is 0 Å². The first-order valence-electron chi connectivity index (χ1n) is 5.34. The number of para-hydroxylation sites is 1. The molecule has 0 unspecified atom stereocenters. The van der Waals surface area contributed by atoms with Crippen LogP contribution in [0.3, 0.4) is 0 Å². The van der Waals surface area contributed by atoms with Gasteiger partial charge in [-0.05, 0) is 17.5 Å². The zero-order valence-electron chi connectivity index (χ0n) is 10.4. The maximum atomic E-state index is 11.6. The molecule has 0 saturated heterocycles. The molecule has 4 nitrogen and oxygen atoms in total. The molecular formula is C12H15ClO4S. The third-order valence-electron chi connectivity index (χ3n) is 2.01. The minimum Gasteiger partial charge on any atom is -0.425 e. The largest absolute Gasteiger partial charge is 0.425 e. The number of benzene rings is 1. The summed E-state index contributed by atoms with van der Waals surface area (Å²) in [7, 11) is 1.33. The fourth-order valence-corrected chi connectivity index (χ4v) is 2.30. The highest BCUT2D eigenvalue weighted by Crippen LogP contribution is 2.28. The van der Waals surface area contributed by atoms with Gasteiger partial charge in [0.15, 0.2) is 5.75 Å². The summed E-state index contributed by atoms with van der Waals surface area (Å²) < 4.78 is 27.6. The van der Waals surface area contributed by atoms with Gasteiger partial charge in [0.2, 0.25) is 0 Å². The normalized spacial score (nSPS) is 12.2. The minimum absolute atomic E-state index is 0.0400. The third kappa shape index (κ3) is 4.66. The Morgan fingerprint density at radius 3 is 2.33 bits per heavy atom. The molecule has 0 aliphatic rings. The standard InChI is InChI=1S/C12H15ClO4S/c1-12(2,3)8-11(14)17-9-6-4-5-7-10(9)18(13,15)16/h4-7H,8H2,1-3H3. The van der Waals surface area contributed by atoms with Crippen molar-refractivity contribution < 1.29 is 17.9 Å². The van der Waals surface area contributed by atoms with Crippen molar-refractivity contribution >= 4 is 25.7 Å². The molecule has 1 aromatic carbocycles. The molecule has 1 rings (SSSR count). The number of hydrogen-bond acceptors (Lipinski definition) is 4. The van der Waals surface area contributed by atoms with Crippen LogP contribution in [0, 0.1) is 5.41 Å². The lowest BCUT2D eigenvalue weighted by molar-refractivity contribution is -0.136. The fourth-order valence-electron chi connectivity index (χ4n) is 1.33. The SMILES string of the molecule is CC(C)(C)CC(=O)Oc1ccccc1S(=O)(=O)Cl. The van der Waals surface area contributed by atoms with E-state index >= 15 is 0 Å². The number of rotatable bonds is 3. The van der Waals surface area contributed by atoms with E-state index in [1.165, 1.54) is 18.2 Å². The number of carbonyl (C=O) groups is 1. The molecular weight excluding hydrogens is 276 g/mol. The Hall–Kier alpha value is -1.07. The Balaban J connectivity index is 2.96. The number of hydrogen-bond donors (Lipinski definition) is 0. The van der Waals surface area contributed by atoms with Crippen LogP contribution in [0.15, 0.2) is 29.2 Å². The summed E-state index contributed by atoms with van der Waals surface area (Å²) in [5.41, 5.74) is -0.230. The molecule has 0 spiro atoms. The van der Waals surface area contributed by atoms with Crippen LogP contribution >= 0.6 is 10.7 Å². The summed E-state index contributed by atoms with van der Waals surface area (Å²) in [5.74, 6) is -0.531. The van der Waals surface area contributed by atoms with E-state index in [1.54, 1.807) is 6.07 Å². The van der Waals surface area contributed by atoms with E-state index in [-0.39, 0.29) is 22.5 Å². The molecule has 0 radical (unpaired) electrons.